The number of nitrogens with zero attached hydrogens (tertiary/aromatic N) is 2. The van der Waals surface area contributed by atoms with E-state index in [1.807, 2.05) is 0 Å². The number of hydrogen-bond acceptors (Lipinski definition) is 3. The van der Waals surface area contributed by atoms with Crippen LogP contribution in [-0.2, 0) is 0 Å². The maximum atomic E-state index is 7.53. The van der Waals surface area contributed by atoms with Crippen LogP contribution in [0.4, 0.5) is 5.82 Å². The molecule has 4 nitrogen and oxygen atoms in total. The quantitative estimate of drug-likeness (QED) is 0.661. The number of hydrogen-bond donors (Lipinski definition) is 2. The highest BCUT2D eigenvalue weighted by atomic mass is 35.5. The first kappa shape index (κ1) is 14.1. The van der Waals surface area contributed by atoms with E-state index >= 15 is 0 Å². The van der Waals surface area contributed by atoms with Gasteiger partial charge in [0.15, 0.2) is 0 Å². The van der Waals surface area contributed by atoms with Gasteiger partial charge in [-0.25, -0.2) is 4.98 Å². The van der Waals surface area contributed by atoms with Crippen LogP contribution in [0.1, 0.15) is 38.7 Å². The van der Waals surface area contributed by atoms with Gasteiger partial charge in [-0.2, -0.15) is 0 Å². The molecule has 1 saturated heterocycles. The third-order valence-electron chi connectivity index (χ3n) is 4.28. The van der Waals surface area contributed by atoms with Crippen LogP contribution >= 0.6 is 11.6 Å². The zero-order valence-electron chi connectivity index (χ0n) is 11.5. The first-order valence-corrected chi connectivity index (χ1v) is 7.08. The van der Waals surface area contributed by atoms with Gasteiger partial charge in [-0.3, -0.25) is 5.41 Å². The van der Waals surface area contributed by atoms with Crippen molar-refractivity contribution in [2.45, 2.75) is 33.1 Å². The van der Waals surface area contributed by atoms with Crippen LogP contribution in [0.15, 0.2) is 12.3 Å². The normalized spacial score (nSPS) is 18.4. The summed E-state index contributed by atoms with van der Waals surface area (Å²) in [6.07, 6.45) is 5.17. The topological polar surface area (TPSA) is 66.0 Å². The van der Waals surface area contributed by atoms with Crippen molar-refractivity contribution in [3.05, 3.63) is 22.8 Å². The van der Waals surface area contributed by atoms with Crippen molar-refractivity contribution in [3.63, 3.8) is 0 Å². The summed E-state index contributed by atoms with van der Waals surface area (Å²) in [5.74, 6) is 0.747. The molecule has 0 atom stereocenters. The minimum atomic E-state index is -0.0101. The van der Waals surface area contributed by atoms with Gasteiger partial charge in [0.1, 0.15) is 11.7 Å². The molecular weight excluding hydrogens is 260 g/mol. The van der Waals surface area contributed by atoms with Crippen LogP contribution in [0.2, 0.25) is 5.02 Å². The third kappa shape index (κ3) is 2.84. The van der Waals surface area contributed by atoms with Gasteiger partial charge in [-0.1, -0.05) is 31.9 Å². The van der Waals surface area contributed by atoms with E-state index < -0.39 is 0 Å². The van der Waals surface area contributed by atoms with Gasteiger partial charge in [0.05, 0.1) is 5.02 Å². The number of anilines is 1. The van der Waals surface area contributed by atoms with Crippen LogP contribution in [-0.4, -0.2) is 23.9 Å². The molecule has 0 aromatic carbocycles. The van der Waals surface area contributed by atoms with Crippen molar-refractivity contribution in [1.29, 1.82) is 5.41 Å². The first-order valence-electron chi connectivity index (χ1n) is 6.71. The molecule has 19 heavy (non-hydrogen) atoms. The summed E-state index contributed by atoms with van der Waals surface area (Å²) in [4.78, 5) is 6.56. The Morgan fingerprint density at radius 1 is 1.53 bits per heavy atom. The minimum absolute atomic E-state index is 0.0101. The van der Waals surface area contributed by atoms with Gasteiger partial charge >= 0.3 is 0 Å². The number of nitrogens with one attached hydrogen (secondary N) is 1. The number of nitrogen functional groups attached to an aromatic ring is 1. The number of nitrogens with two attached hydrogens (primary N) is 1. The molecule has 2 rings (SSSR count). The second kappa shape index (κ2) is 5.37. The van der Waals surface area contributed by atoms with Crippen molar-refractivity contribution in [3.8, 4) is 0 Å². The van der Waals surface area contributed by atoms with E-state index in [2.05, 4.69) is 23.7 Å². The van der Waals surface area contributed by atoms with Crippen LogP contribution < -0.4 is 10.6 Å². The molecule has 0 amide bonds. The highest BCUT2D eigenvalue weighted by Gasteiger charge is 2.29. The molecule has 5 heteroatoms. The lowest BCUT2D eigenvalue weighted by molar-refractivity contribution is 0.238. The van der Waals surface area contributed by atoms with Crippen molar-refractivity contribution in [2.24, 2.45) is 11.1 Å². The van der Waals surface area contributed by atoms with Gasteiger partial charge in [0.2, 0.25) is 0 Å². The van der Waals surface area contributed by atoms with Gasteiger partial charge < -0.3 is 10.6 Å². The zero-order valence-corrected chi connectivity index (χ0v) is 12.3. The molecule has 0 saturated carbocycles. The molecule has 3 N–H and O–H groups in total. The van der Waals surface area contributed by atoms with Crippen molar-refractivity contribution in [2.75, 3.05) is 18.0 Å². The molecule has 0 aliphatic carbocycles. The Morgan fingerprint density at radius 2 is 2.16 bits per heavy atom. The Kier molecular flexibility index (Phi) is 3.99. The van der Waals surface area contributed by atoms with Crippen LogP contribution in [0.5, 0.6) is 0 Å². The second-order valence-corrected chi connectivity index (χ2v) is 5.94. The summed E-state index contributed by atoms with van der Waals surface area (Å²) < 4.78 is 0. The predicted octanol–water partition coefficient (Wildman–Crippen LogP) is 3.04. The van der Waals surface area contributed by atoms with E-state index in [1.165, 1.54) is 6.42 Å². The van der Waals surface area contributed by atoms with Gasteiger partial charge in [-0.05, 0) is 24.3 Å². The zero-order chi connectivity index (χ0) is 14.0. The first-order chi connectivity index (χ1) is 8.97. The number of piperidine rings is 1. The van der Waals surface area contributed by atoms with Gasteiger partial charge in [0.25, 0.3) is 0 Å². The van der Waals surface area contributed by atoms with Crippen molar-refractivity contribution in [1.82, 2.24) is 4.98 Å². The smallest absolute Gasteiger partial charge is 0.148 e. The molecular formula is C14H21ClN4. The fourth-order valence-electron chi connectivity index (χ4n) is 2.47. The average molecular weight is 281 g/mol. The monoisotopic (exact) mass is 280 g/mol. The lowest BCUT2D eigenvalue weighted by atomic mass is 9.78. The Bertz CT molecular complexity index is 478. The third-order valence-corrected chi connectivity index (χ3v) is 4.66. The minimum Gasteiger partial charge on any atom is -0.384 e. The second-order valence-electron chi connectivity index (χ2n) is 5.56. The highest BCUT2D eigenvalue weighted by molar-refractivity contribution is 6.36. The molecule has 0 bridgehead atoms. The maximum Gasteiger partial charge on any atom is 0.148 e. The van der Waals surface area contributed by atoms with Crippen molar-refractivity contribution < 1.29 is 0 Å². The molecule has 1 aliphatic rings. The molecule has 2 heterocycles. The number of rotatable bonds is 3. The van der Waals surface area contributed by atoms with E-state index in [1.54, 1.807) is 12.3 Å². The molecule has 104 valence electrons. The van der Waals surface area contributed by atoms with E-state index in [4.69, 9.17) is 22.7 Å². The fourth-order valence-corrected chi connectivity index (χ4v) is 2.81. The Morgan fingerprint density at radius 3 is 2.68 bits per heavy atom. The van der Waals surface area contributed by atoms with Crippen LogP contribution in [0, 0.1) is 10.8 Å². The fraction of sp³-hybridized carbons (Fsp3) is 0.571. The molecule has 1 aromatic rings. The van der Waals surface area contributed by atoms with E-state index in [-0.39, 0.29) is 5.84 Å². The predicted molar refractivity (Wildman–Crippen MR) is 80.1 cm³/mol. The summed E-state index contributed by atoms with van der Waals surface area (Å²) in [7, 11) is 0. The van der Waals surface area contributed by atoms with E-state index in [0.29, 0.717) is 16.0 Å². The SMILES string of the molecule is CCC1(C)CCN(c2nccc(C(=N)N)c2Cl)CC1. The molecule has 1 fully saturated rings. The van der Waals surface area contributed by atoms with Crippen LogP contribution in [0.3, 0.4) is 0 Å². The molecule has 1 aromatic heterocycles. The number of pyridine rings is 1. The molecule has 0 radical (unpaired) electrons. The van der Waals surface area contributed by atoms with Crippen molar-refractivity contribution >= 4 is 23.3 Å². The van der Waals surface area contributed by atoms with Crippen LogP contribution in [0.25, 0.3) is 0 Å². The summed E-state index contributed by atoms with van der Waals surface area (Å²) in [5.41, 5.74) is 6.53. The number of amidine groups is 1. The van der Waals surface area contributed by atoms with E-state index in [0.717, 1.165) is 31.7 Å². The van der Waals surface area contributed by atoms with E-state index in [9.17, 15) is 0 Å². The summed E-state index contributed by atoms with van der Waals surface area (Å²) >= 11 is 6.32. The van der Waals surface area contributed by atoms with Gasteiger partial charge in [0, 0.05) is 24.8 Å². The Balaban J connectivity index is 2.21. The van der Waals surface area contributed by atoms with Gasteiger partial charge in [-0.15, -0.1) is 0 Å². The summed E-state index contributed by atoms with van der Waals surface area (Å²) in [6.45, 7) is 6.50. The Hall–Kier alpha value is -1.29. The number of halogens is 1. The summed E-state index contributed by atoms with van der Waals surface area (Å²) in [6, 6.07) is 1.69. The largest absolute Gasteiger partial charge is 0.384 e. The number of aromatic nitrogens is 1. The highest BCUT2D eigenvalue weighted by Crippen LogP contribution is 2.37. The molecule has 1 aliphatic heterocycles. The lowest BCUT2D eigenvalue weighted by Gasteiger charge is -2.39. The maximum absolute atomic E-state index is 7.53. The molecule has 0 unspecified atom stereocenters. The Labute approximate surface area is 119 Å². The standard InChI is InChI=1S/C14H21ClN4/c1-3-14(2)5-8-19(9-6-14)13-11(15)10(12(16)17)4-7-18-13/h4,7H,3,5-6,8-9H2,1-2H3,(H3,16,17). The lowest BCUT2D eigenvalue weighted by Crippen LogP contribution is -2.39. The molecule has 0 spiro atoms. The summed E-state index contributed by atoms with van der Waals surface area (Å²) in [5, 5.41) is 8.02. The average Bonchev–Trinajstić information content (AvgIpc) is 2.40.